The largest absolute Gasteiger partial charge is 0.417 e. The maximum absolute atomic E-state index is 12.9. The van der Waals surface area contributed by atoms with Gasteiger partial charge in [0.05, 0.1) is 5.56 Å². The number of nitrogens with one attached hydrogen (secondary N) is 2. The van der Waals surface area contributed by atoms with Crippen LogP contribution < -0.4 is 10.6 Å². The summed E-state index contributed by atoms with van der Waals surface area (Å²) in [7, 11) is 0. The van der Waals surface area contributed by atoms with E-state index >= 15 is 0 Å². The van der Waals surface area contributed by atoms with Crippen LogP contribution in [0.1, 0.15) is 16.7 Å². The van der Waals surface area contributed by atoms with Gasteiger partial charge in [-0.15, -0.1) is 0 Å². The topological polar surface area (TPSA) is 62.7 Å². The fourth-order valence-electron chi connectivity index (χ4n) is 3.08. The first-order valence-corrected chi connectivity index (χ1v) is 8.45. The lowest BCUT2D eigenvalue weighted by Crippen LogP contribution is -2.07. The Bertz CT molecular complexity index is 972. The van der Waals surface area contributed by atoms with Crippen LogP contribution >= 0.6 is 0 Å². The molecule has 138 valence electrons. The van der Waals surface area contributed by atoms with Crippen LogP contribution in [0.5, 0.6) is 0 Å². The number of fused-ring (bicyclic) bond motifs is 1. The highest BCUT2D eigenvalue weighted by molar-refractivity contribution is 5.60. The van der Waals surface area contributed by atoms with Gasteiger partial charge in [-0.2, -0.15) is 13.2 Å². The van der Waals surface area contributed by atoms with Gasteiger partial charge in [0.2, 0.25) is 0 Å². The second-order valence-corrected chi connectivity index (χ2v) is 6.20. The van der Waals surface area contributed by atoms with Crippen LogP contribution in [-0.4, -0.2) is 21.5 Å². The van der Waals surface area contributed by atoms with E-state index in [-0.39, 0.29) is 11.4 Å². The molecule has 2 aromatic heterocycles. The third kappa shape index (κ3) is 3.69. The number of rotatable bonds is 4. The molecule has 5 nitrogen and oxygen atoms in total. The van der Waals surface area contributed by atoms with Gasteiger partial charge in [-0.1, -0.05) is 12.1 Å². The predicted molar refractivity (Wildman–Crippen MR) is 96.2 cm³/mol. The van der Waals surface area contributed by atoms with Crippen molar-refractivity contribution in [3.63, 3.8) is 0 Å². The number of alkyl halides is 3. The van der Waals surface area contributed by atoms with Crippen LogP contribution in [0.2, 0.25) is 0 Å². The highest BCUT2D eigenvalue weighted by Gasteiger charge is 2.31. The Kier molecular flexibility index (Phi) is 4.39. The average Bonchev–Trinajstić information content (AvgIpc) is 3.15. The summed E-state index contributed by atoms with van der Waals surface area (Å²) in [5.74, 6) is 0.736. The van der Waals surface area contributed by atoms with Gasteiger partial charge in [0, 0.05) is 42.9 Å². The molecular formula is C19H16F3N5. The molecule has 4 rings (SSSR count). The van der Waals surface area contributed by atoms with Gasteiger partial charge in [0.1, 0.15) is 5.82 Å². The van der Waals surface area contributed by atoms with E-state index in [1.165, 1.54) is 23.5 Å². The van der Waals surface area contributed by atoms with Crippen molar-refractivity contribution in [2.45, 2.75) is 19.1 Å². The molecule has 0 spiro atoms. The number of aromatic nitrogens is 3. The van der Waals surface area contributed by atoms with Gasteiger partial charge in [0.15, 0.2) is 5.82 Å². The van der Waals surface area contributed by atoms with Crippen LogP contribution in [0.15, 0.2) is 48.9 Å². The normalized spacial score (nSPS) is 13.1. The highest BCUT2D eigenvalue weighted by atomic mass is 19.4. The van der Waals surface area contributed by atoms with Gasteiger partial charge < -0.3 is 10.6 Å². The third-order valence-electron chi connectivity index (χ3n) is 4.40. The van der Waals surface area contributed by atoms with Crippen LogP contribution in [-0.2, 0) is 19.1 Å². The molecule has 0 bridgehead atoms. The third-order valence-corrected chi connectivity index (χ3v) is 4.40. The SMILES string of the molecule is FC(F)(F)c1cncc(-c2nccc(NCc3cccc4c3CCN4)n2)c1. The summed E-state index contributed by atoms with van der Waals surface area (Å²) in [4.78, 5) is 12.1. The van der Waals surface area contributed by atoms with E-state index < -0.39 is 11.7 Å². The van der Waals surface area contributed by atoms with Gasteiger partial charge in [-0.05, 0) is 35.7 Å². The van der Waals surface area contributed by atoms with E-state index in [2.05, 4.69) is 37.7 Å². The summed E-state index contributed by atoms with van der Waals surface area (Å²) in [6.07, 6.45) is 0.139. The molecule has 2 N–H and O–H groups in total. The molecule has 1 aromatic carbocycles. The predicted octanol–water partition coefficient (Wildman–Crippen LogP) is 4.14. The Morgan fingerprint density at radius 3 is 2.89 bits per heavy atom. The molecule has 0 saturated carbocycles. The standard InChI is InChI=1S/C19H16F3N5/c20-19(21,22)14-8-13(9-23-11-14)18-25-7-5-17(27-18)26-10-12-2-1-3-16-15(12)4-6-24-16/h1-3,5,7-9,11,24H,4,6,10H2,(H,25,26,27). The first-order chi connectivity index (χ1) is 13.0. The second kappa shape index (κ2) is 6.86. The minimum atomic E-state index is -4.46. The molecule has 0 saturated heterocycles. The molecule has 0 aliphatic carbocycles. The summed E-state index contributed by atoms with van der Waals surface area (Å²) in [6.45, 7) is 1.49. The van der Waals surface area contributed by atoms with E-state index in [4.69, 9.17) is 0 Å². The van der Waals surface area contributed by atoms with Crippen molar-refractivity contribution in [1.82, 2.24) is 15.0 Å². The molecule has 27 heavy (non-hydrogen) atoms. The molecule has 0 atom stereocenters. The van der Waals surface area contributed by atoms with E-state index in [0.717, 1.165) is 30.9 Å². The fourth-order valence-corrected chi connectivity index (χ4v) is 3.08. The summed E-state index contributed by atoms with van der Waals surface area (Å²) < 4.78 is 38.6. The van der Waals surface area contributed by atoms with Crippen molar-refractivity contribution < 1.29 is 13.2 Å². The van der Waals surface area contributed by atoms with Crippen LogP contribution in [0.4, 0.5) is 24.7 Å². The Morgan fingerprint density at radius 1 is 1.15 bits per heavy atom. The van der Waals surface area contributed by atoms with Crippen molar-refractivity contribution in [2.75, 3.05) is 17.2 Å². The van der Waals surface area contributed by atoms with Crippen molar-refractivity contribution in [2.24, 2.45) is 0 Å². The summed E-state index contributed by atoms with van der Waals surface area (Å²) in [6, 6.07) is 8.79. The molecule has 1 aliphatic heterocycles. The number of hydrogen-bond donors (Lipinski definition) is 2. The lowest BCUT2D eigenvalue weighted by Gasteiger charge is -2.11. The minimum Gasteiger partial charge on any atom is -0.384 e. The summed E-state index contributed by atoms with van der Waals surface area (Å²) in [5.41, 5.74) is 2.99. The van der Waals surface area contributed by atoms with E-state index in [0.29, 0.717) is 12.4 Å². The molecule has 1 aliphatic rings. The maximum Gasteiger partial charge on any atom is 0.417 e. The number of nitrogens with zero attached hydrogens (tertiary/aromatic N) is 3. The van der Waals surface area contributed by atoms with E-state index in [1.807, 2.05) is 6.07 Å². The Labute approximate surface area is 153 Å². The molecule has 0 radical (unpaired) electrons. The van der Waals surface area contributed by atoms with Crippen molar-refractivity contribution in [3.05, 3.63) is 65.6 Å². The smallest absolute Gasteiger partial charge is 0.384 e. The van der Waals surface area contributed by atoms with Crippen LogP contribution in [0.3, 0.4) is 0 Å². The molecule has 3 heterocycles. The number of hydrogen-bond acceptors (Lipinski definition) is 5. The average molecular weight is 371 g/mol. The molecule has 3 aromatic rings. The quantitative estimate of drug-likeness (QED) is 0.722. The maximum atomic E-state index is 12.9. The van der Waals surface area contributed by atoms with E-state index in [1.54, 1.807) is 6.07 Å². The van der Waals surface area contributed by atoms with E-state index in [9.17, 15) is 13.2 Å². The lowest BCUT2D eigenvalue weighted by molar-refractivity contribution is -0.137. The number of anilines is 2. The Balaban J connectivity index is 1.54. The first kappa shape index (κ1) is 17.3. The van der Waals surface area contributed by atoms with Crippen LogP contribution in [0.25, 0.3) is 11.4 Å². The molecule has 8 heteroatoms. The van der Waals surface area contributed by atoms with Gasteiger partial charge in [0.25, 0.3) is 0 Å². The first-order valence-electron chi connectivity index (χ1n) is 8.45. The molecule has 0 fully saturated rings. The summed E-state index contributed by atoms with van der Waals surface area (Å²) >= 11 is 0. The summed E-state index contributed by atoms with van der Waals surface area (Å²) in [5, 5.41) is 6.56. The van der Waals surface area contributed by atoms with Gasteiger partial charge >= 0.3 is 6.18 Å². The molecule has 0 unspecified atom stereocenters. The Morgan fingerprint density at radius 2 is 2.04 bits per heavy atom. The monoisotopic (exact) mass is 371 g/mol. The van der Waals surface area contributed by atoms with Crippen molar-refractivity contribution in [3.8, 4) is 11.4 Å². The minimum absolute atomic E-state index is 0.193. The van der Waals surface area contributed by atoms with Gasteiger partial charge in [-0.25, -0.2) is 9.97 Å². The highest BCUT2D eigenvalue weighted by Crippen LogP contribution is 2.31. The number of halogens is 3. The number of benzene rings is 1. The Hall–Kier alpha value is -3.16. The molecule has 0 amide bonds. The second-order valence-electron chi connectivity index (χ2n) is 6.20. The fraction of sp³-hybridized carbons (Fsp3) is 0.211. The van der Waals surface area contributed by atoms with Crippen molar-refractivity contribution >= 4 is 11.5 Å². The van der Waals surface area contributed by atoms with Gasteiger partial charge in [-0.3, -0.25) is 4.98 Å². The zero-order valence-electron chi connectivity index (χ0n) is 14.2. The molecular weight excluding hydrogens is 355 g/mol. The van der Waals surface area contributed by atoms with Crippen molar-refractivity contribution in [1.29, 1.82) is 0 Å². The van der Waals surface area contributed by atoms with Crippen LogP contribution in [0, 0.1) is 0 Å². The zero-order chi connectivity index (χ0) is 18.9. The lowest BCUT2D eigenvalue weighted by atomic mass is 10.1. The zero-order valence-corrected chi connectivity index (χ0v) is 14.2. The number of pyridine rings is 1.